The van der Waals surface area contributed by atoms with Crippen LogP contribution < -0.4 is 15.0 Å². The molecule has 0 saturated carbocycles. The number of nitrogens with one attached hydrogen (secondary N) is 2. The molecule has 0 spiro atoms. The van der Waals surface area contributed by atoms with Gasteiger partial charge in [-0.25, -0.2) is 15.0 Å². The number of piperidine rings is 1. The van der Waals surface area contributed by atoms with E-state index in [1.807, 2.05) is 18.2 Å². The highest BCUT2D eigenvalue weighted by molar-refractivity contribution is 5.82. The van der Waals surface area contributed by atoms with Crippen LogP contribution in [0, 0.1) is 0 Å². The number of hydrogen-bond acceptors (Lipinski definition) is 6. The second-order valence-corrected chi connectivity index (χ2v) is 5.92. The van der Waals surface area contributed by atoms with E-state index in [0.29, 0.717) is 11.7 Å². The number of para-hydroxylation sites is 2. The molecular formula is C17H20N6O. The molecule has 1 aliphatic rings. The van der Waals surface area contributed by atoms with Crippen molar-refractivity contribution < 1.29 is 4.74 Å². The molecular weight excluding hydrogens is 304 g/mol. The molecule has 24 heavy (non-hydrogen) atoms. The van der Waals surface area contributed by atoms with Crippen molar-refractivity contribution in [2.45, 2.75) is 18.9 Å². The first-order chi connectivity index (χ1) is 11.8. The van der Waals surface area contributed by atoms with Gasteiger partial charge in [0.1, 0.15) is 17.6 Å². The van der Waals surface area contributed by atoms with Crippen molar-refractivity contribution in [3.8, 4) is 5.75 Å². The molecule has 0 amide bonds. The first-order valence-corrected chi connectivity index (χ1v) is 8.14. The third-order valence-corrected chi connectivity index (χ3v) is 4.41. The quantitative estimate of drug-likeness (QED) is 0.767. The number of methoxy groups -OCH3 is 1. The molecule has 4 rings (SSSR count). The summed E-state index contributed by atoms with van der Waals surface area (Å²) in [5.41, 5.74) is 2.68. The number of nitrogens with zero attached hydrogens (tertiary/aromatic N) is 4. The molecule has 0 bridgehead atoms. The molecule has 3 aromatic rings. The van der Waals surface area contributed by atoms with Gasteiger partial charge in [-0.05, 0) is 25.0 Å². The topological polar surface area (TPSA) is 79.0 Å². The van der Waals surface area contributed by atoms with Crippen molar-refractivity contribution >= 4 is 22.7 Å². The Hall–Kier alpha value is -2.83. The Balaban J connectivity index is 1.54. The lowest BCUT2D eigenvalue weighted by atomic mass is 10.0. The summed E-state index contributed by atoms with van der Waals surface area (Å²) in [6, 6.07) is 8.47. The molecule has 1 aliphatic heterocycles. The predicted octanol–water partition coefficient (Wildman–Crippen LogP) is 2.44. The van der Waals surface area contributed by atoms with Crippen LogP contribution in [0.1, 0.15) is 12.8 Å². The van der Waals surface area contributed by atoms with Crippen molar-refractivity contribution in [1.29, 1.82) is 0 Å². The molecule has 1 aromatic carbocycles. The number of aromatic nitrogens is 4. The van der Waals surface area contributed by atoms with E-state index in [9.17, 15) is 0 Å². The summed E-state index contributed by atoms with van der Waals surface area (Å²) >= 11 is 0. The minimum atomic E-state index is 0.310. The number of fused-ring (bicyclic) bond motifs is 1. The maximum atomic E-state index is 5.50. The monoisotopic (exact) mass is 324 g/mol. The minimum absolute atomic E-state index is 0.310. The number of H-pyrrole nitrogens is 1. The van der Waals surface area contributed by atoms with Gasteiger partial charge in [0, 0.05) is 19.1 Å². The zero-order chi connectivity index (χ0) is 16.4. The van der Waals surface area contributed by atoms with Crippen LogP contribution in [0.3, 0.4) is 0 Å². The summed E-state index contributed by atoms with van der Waals surface area (Å²) in [4.78, 5) is 18.2. The Morgan fingerprint density at radius 2 is 2.17 bits per heavy atom. The van der Waals surface area contributed by atoms with Gasteiger partial charge in [-0.2, -0.15) is 0 Å². The summed E-state index contributed by atoms with van der Waals surface area (Å²) < 4.78 is 5.50. The highest BCUT2D eigenvalue weighted by atomic mass is 16.5. The molecule has 3 heterocycles. The van der Waals surface area contributed by atoms with Gasteiger partial charge in [-0.1, -0.05) is 12.1 Å². The summed E-state index contributed by atoms with van der Waals surface area (Å²) in [5, 5.41) is 3.54. The number of hydrogen-bond donors (Lipinski definition) is 2. The first-order valence-electron chi connectivity index (χ1n) is 8.14. The van der Waals surface area contributed by atoms with E-state index in [-0.39, 0.29) is 0 Å². The number of rotatable bonds is 4. The zero-order valence-corrected chi connectivity index (χ0v) is 13.6. The van der Waals surface area contributed by atoms with E-state index in [0.717, 1.165) is 48.7 Å². The van der Waals surface area contributed by atoms with Crippen LogP contribution in [0.25, 0.3) is 11.2 Å². The minimum Gasteiger partial charge on any atom is -0.495 e. The lowest BCUT2D eigenvalue weighted by Crippen LogP contribution is -2.42. The number of benzene rings is 1. The summed E-state index contributed by atoms with van der Waals surface area (Å²) in [5.74, 6) is 1.72. The van der Waals surface area contributed by atoms with Gasteiger partial charge in [0.2, 0.25) is 0 Å². The molecule has 1 saturated heterocycles. The molecule has 7 nitrogen and oxygen atoms in total. The fourth-order valence-electron chi connectivity index (χ4n) is 3.27. The largest absolute Gasteiger partial charge is 0.495 e. The first kappa shape index (κ1) is 14.7. The molecule has 2 aromatic heterocycles. The van der Waals surface area contributed by atoms with Gasteiger partial charge >= 0.3 is 0 Å². The molecule has 0 aliphatic carbocycles. The van der Waals surface area contributed by atoms with E-state index in [4.69, 9.17) is 4.74 Å². The van der Waals surface area contributed by atoms with Crippen LogP contribution in [0.5, 0.6) is 5.75 Å². The van der Waals surface area contributed by atoms with E-state index >= 15 is 0 Å². The van der Waals surface area contributed by atoms with Crippen LogP contribution in [-0.2, 0) is 0 Å². The molecule has 2 N–H and O–H groups in total. The smallest absolute Gasteiger partial charge is 0.182 e. The van der Waals surface area contributed by atoms with Gasteiger partial charge < -0.3 is 19.9 Å². The second-order valence-electron chi connectivity index (χ2n) is 5.92. The van der Waals surface area contributed by atoms with Crippen LogP contribution in [0.4, 0.5) is 11.5 Å². The average Bonchev–Trinajstić information content (AvgIpc) is 3.12. The van der Waals surface area contributed by atoms with Crippen molar-refractivity contribution in [3.63, 3.8) is 0 Å². The average molecular weight is 324 g/mol. The van der Waals surface area contributed by atoms with Crippen molar-refractivity contribution in [2.24, 2.45) is 0 Å². The van der Waals surface area contributed by atoms with E-state index < -0.39 is 0 Å². The highest BCUT2D eigenvalue weighted by Crippen LogP contribution is 2.30. The number of aromatic amines is 1. The van der Waals surface area contributed by atoms with Gasteiger partial charge in [-0.15, -0.1) is 0 Å². The number of anilines is 2. The van der Waals surface area contributed by atoms with Gasteiger partial charge in [0.05, 0.1) is 19.1 Å². The normalized spacial score (nSPS) is 17.9. The van der Waals surface area contributed by atoms with Gasteiger partial charge in [0.15, 0.2) is 11.5 Å². The van der Waals surface area contributed by atoms with E-state index in [1.165, 1.54) is 0 Å². The summed E-state index contributed by atoms with van der Waals surface area (Å²) in [6.07, 6.45) is 5.41. The Morgan fingerprint density at radius 1 is 1.25 bits per heavy atom. The maximum absolute atomic E-state index is 5.50. The Bertz CT molecular complexity index is 833. The van der Waals surface area contributed by atoms with Gasteiger partial charge in [-0.3, -0.25) is 0 Å². The summed E-state index contributed by atoms with van der Waals surface area (Å²) in [6.45, 7) is 1.93. The highest BCUT2D eigenvalue weighted by Gasteiger charge is 2.23. The Morgan fingerprint density at radius 3 is 3.08 bits per heavy atom. The molecule has 0 unspecified atom stereocenters. The molecule has 124 valence electrons. The third kappa shape index (κ3) is 2.73. The molecule has 1 fully saturated rings. The molecule has 7 heteroatoms. The van der Waals surface area contributed by atoms with Crippen LogP contribution in [-0.4, -0.2) is 46.2 Å². The lowest BCUT2D eigenvalue weighted by Gasteiger charge is -2.35. The maximum Gasteiger partial charge on any atom is 0.182 e. The zero-order valence-electron chi connectivity index (χ0n) is 13.6. The van der Waals surface area contributed by atoms with Crippen molar-refractivity contribution in [1.82, 2.24) is 19.9 Å². The SMILES string of the molecule is COc1ccccc1N1CCC[C@@H](Nc2ncnc3nc[nH]c23)C1. The fourth-order valence-corrected chi connectivity index (χ4v) is 3.27. The molecule has 0 radical (unpaired) electrons. The lowest BCUT2D eigenvalue weighted by molar-refractivity contribution is 0.411. The number of imidazole rings is 1. The molecule has 1 atom stereocenters. The van der Waals surface area contributed by atoms with Crippen molar-refractivity contribution in [2.75, 3.05) is 30.4 Å². The fraction of sp³-hybridized carbons (Fsp3) is 0.353. The second kappa shape index (κ2) is 6.35. The van der Waals surface area contributed by atoms with Gasteiger partial charge in [0.25, 0.3) is 0 Å². The van der Waals surface area contributed by atoms with E-state index in [1.54, 1.807) is 19.8 Å². The Labute approximate surface area is 140 Å². The Kier molecular flexibility index (Phi) is 3.90. The standard InChI is InChI=1S/C17H20N6O/c1-24-14-7-3-2-6-13(14)23-8-4-5-12(9-23)22-17-15-16(19-10-18-15)20-11-21-17/h2-3,6-7,10-12H,4-5,8-9H2,1H3,(H2,18,19,20,21,22)/t12-/m1/s1. The van der Waals surface area contributed by atoms with E-state index in [2.05, 4.69) is 36.2 Å². The van der Waals surface area contributed by atoms with Crippen molar-refractivity contribution in [3.05, 3.63) is 36.9 Å². The van der Waals surface area contributed by atoms with Crippen LogP contribution in [0.15, 0.2) is 36.9 Å². The van der Waals surface area contributed by atoms with Crippen LogP contribution in [0.2, 0.25) is 0 Å². The predicted molar refractivity (Wildman–Crippen MR) is 93.5 cm³/mol. The summed E-state index contributed by atoms with van der Waals surface area (Å²) in [7, 11) is 1.72. The third-order valence-electron chi connectivity index (χ3n) is 4.41. The van der Waals surface area contributed by atoms with Crippen LogP contribution >= 0.6 is 0 Å². The number of ether oxygens (including phenoxy) is 1.